The minimum atomic E-state index is -4.53. The largest absolute Gasteiger partial charge is 0.416 e. The van der Waals surface area contributed by atoms with Crippen LogP contribution >= 0.6 is 23.2 Å². The number of nitrogens with zero attached hydrogens (tertiary/aromatic N) is 1. The molecule has 0 aliphatic carbocycles. The number of anilines is 1. The summed E-state index contributed by atoms with van der Waals surface area (Å²) in [6, 6.07) is 10.7. The van der Waals surface area contributed by atoms with Crippen molar-refractivity contribution < 1.29 is 22.2 Å². The molecule has 3 rings (SSSR count). The molecule has 0 aliphatic heterocycles. The predicted molar refractivity (Wildman–Crippen MR) is 114 cm³/mol. The van der Waals surface area contributed by atoms with Gasteiger partial charge in [0.25, 0.3) is 0 Å². The Morgan fingerprint density at radius 3 is 2.42 bits per heavy atom. The van der Waals surface area contributed by atoms with Gasteiger partial charge in [-0.15, -0.1) is 0 Å². The average molecular weight is 488 g/mol. The van der Waals surface area contributed by atoms with E-state index in [-0.39, 0.29) is 21.9 Å². The number of pyridine rings is 1. The molecule has 1 heterocycles. The van der Waals surface area contributed by atoms with Crippen LogP contribution in [0.4, 0.5) is 18.9 Å². The first-order valence-electron chi connectivity index (χ1n) is 8.62. The topological polar surface area (TPSA) is 85.1 Å². The molecule has 162 valence electrons. The molecule has 1 atom stereocenters. The number of carbonyl (C=O) groups is 1. The first-order chi connectivity index (χ1) is 14.5. The van der Waals surface area contributed by atoms with Crippen LogP contribution in [0.3, 0.4) is 0 Å². The Bertz CT molecular complexity index is 1160. The number of nitrogens with two attached hydrogens (primary N) is 1. The number of hydrogen-bond acceptors (Lipinski definition) is 3. The number of aromatic nitrogens is 1. The zero-order chi connectivity index (χ0) is 22.8. The van der Waals surface area contributed by atoms with Crippen molar-refractivity contribution >= 4 is 45.8 Å². The third-order valence-corrected chi connectivity index (χ3v) is 5.60. The minimum Gasteiger partial charge on any atom is -0.326 e. The van der Waals surface area contributed by atoms with E-state index in [0.717, 1.165) is 18.2 Å². The van der Waals surface area contributed by atoms with Gasteiger partial charge in [-0.1, -0.05) is 35.3 Å². The molecular formula is C20H14Cl2F3N3O2S. The molecule has 0 spiro atoms. The van der Waals surface area contributed by atoms with Gasteiger partial charge in [0.1, 0.15) is 16.1 Å². The molecule has 0 aliphatic rings. The minimum absolute atomic E-state index is 0.167. The molecule has 5 nitrogen and oxygen atoms in total. The molecule has 1 unspecified atom stereocenters. The van der Waals surface area contributed by atoms with E-state index in [2.05, 4.69) is 10.3 Å². The summed E-state index contributed by atoms with van der Waals surface area (Å²) in [5, 5.41) is 8.31. The van der Waals surface area contributed by atoms with Crippen LogP contribution in [-0.2, 0) is 28.4 Å². The van der Waals surface area contributed by atoms with Crippen molar-refractivity contribution in [2.24, 2.45) is 5.14 Å². The van der Waals surface area contributed by atoms with Crippen LogP contribution in [0.2, 0.25) is 10.2 Å². The van der Waals surface area contributed by atoms with Crippen LogP contribution in [0.1, 0.15) is 11.1 Å². The van der Waals surface area contributed by atoms with E-state index in [1.807, 2.05) is 0 Å². The van der Waals surface area contributed by atoms with Crippen molar-refractivity contribution in [1.82, 2.24) is 4.98 Å². The van der Waals surface area contributed by atoms with Gasteiger partial charge in [0, 0.05) is 28.0 Å². The van der Waals surface area contributed by atoms with E-state index in [4.69, 9.17) is 28.3 Å². The van der Waals surface area contributed by atoms with Crippen molar-refractivity contribution in [3.8, 4) is 11.1 Å². The first-order valence-corrected chi connectivity index (χ1v) is 10.6. The molecule has 3 aromatic rings. The summed E-state index contributed by atoms with van der Waals surface area (Å²) in [7, 11) is -1.86. The Morgan fingerprint density at radius 2 is 1.84 bits per heavy atom. The van der Waals surface area contributed by atoms with Crippen LogP contribution in [0, 0.1) is 0 Å². The maximum Gasteiger partial charge on any atom is 0.416 e. The summed E-state index contributed by atoms with van der Waals surface area (Å²) < 4.78 is 50.2. The second-order valence-electron chi connectivity index (χ2n) is 6.41. The van der Waals surface area contributed by atoms with Crippen molar-refractivity contribution in [3.05, 3.63) is 76.0 Å². The third-order valence-electron chi connectivity index (χ3n) is 4.25. The summed E-state index contributed by atoms with van der Waals surface area (Å²) >= 11 is 11.7. The lowest BCUT2D eigenvalue weighted by Gasteiger charge is -2.12. The second-order valence-corrected chi connectivity index (χ2v) is 8.24. The zero-order valence-corrected chi connectivity index (χ0v) is 17.9. The zero-order valence-electron chi connectivity index (χ0n) is 15.5. The van der Waals surface area contributed by atoms with E-state index >= 15 is 0 Å². The maximum absolute atomic E-state index is 12.7. The molecule has 0 saturated carbocycles. The third kappa shape index (κ3) is 5.82. The van der Waals surface area contributed by atoms with E-state index in [1.165, 1.54) is 12.3 Å². The van der Waals surface area contributed by atoms with Crippen LogP contribution in [0.5, 0.6) is 0 Å². The highest BCUT2D eigenvalue weighted by molar-refractivity contribution is 7.82. The molecule has 0 fully saturated rings. The van der Waals surface area contributed by atoms with Gasteiger partial charge in [0.2, 0.25) is 5.91 Å². The summed E-state index contributed by atoms with van der Waals surface area (Å²) in [6.45, 7) is 0. The lowest BCUT2D eigenvalue weighted by Crippen LogP contribution is -2.16. The van der Waals surface area contributed by atoms with Crippen molar-refractivity contribution in [2.45, 2.75) is 17.5 Å². The predicted octanol–water partition coefficient (Wildman–Crippen LogP) is 5.24. The Morgan fingerprint density at radius 1 is 1.10 bits per heavy atom. The van der Waals surface area contributed by atoms with Crippen molar-refractivity contribution in [2.75, 3.05) is 5.32 Å². The monoisotopic (exact) mass is 487 g/mol. The lowest BCUT2D eigenvalue weighted by molar-refractivity contribution is -0.137. The normalized spacial score (nSPS) is 12.5. The van der Waals surface area contributed by atoms with Gasteiger partial charge in [-0.3, -0.25) is 4.79 Å². The number of hydrogen-bond donors (Lipinski definition) is 2. The van der Waals surface area contributed by atoms with E-state index in [9.17, 15) is 22.2 Å². The van der Waals surface area contributed by atoms with Crippen molar-refractivity contribution in [1.29, 1.82) is 0 Å². The van der Waals surface area contributed by atoms with E-state index < -0.39 is 28.6 Å². The number of carbonyl (C=O) groups excluding carboxylic acids is 1. The summed E-state index contributed by atoms with van der Waals surface area (Å²) in [5.74, 6) is -0.517. The smallest absolute Gasteiger partial charge is 0.326 e. The number of benzene rings is 2. The van der Waals surface area contributed by atoms with Gasteiger partial charge in [-0.05, 0) is 42.0 Å². The Balaban J connectivity index is 1.79. The highest BCUT2D eigenvalue weighted by atomic mass is 35.5. The summed E-state index contributed by atoms with van der Waals surface area (Å²) in [6.07, 6.45) is -3.28. The van der Waals surface area contributed by atoms with Crippen LogP contribution in [0.15, 0.2) is 59.6 Å². The fourth-order valence-electron chi connectivity index (χ4n) is 2.79. The molecule has 1 aromatic heterocycles. The highest BCUT2D eigenvalue weighted by Crippen LogP contribution is 2.32. The highest BCUT2D eigenvalue weighted by Gasteiger charge is 2.31. The molecule has 1 amide bonds. The van der Waals surface area contributed by atoms with Gasteiger partial charge < -0.3 is 5.32 Å². The van der Waals surface area contributed by atoms with Gasteiger partial charge in [0.05, 0.1) is 16.9 Å². The Labute approximate surface area is 188 Å². The van der Waals surface area contributed by atoms with Crippen LogP contribution in [0.25, 0.3) is 11.1 Å². The molecule has 11 heteroatoms. The number of rotatable bonds is 5. The number of alkyl halides is 3. The number of amides is 1. The first kappa shape index (κ1) is 23.2. The Kier molecular flexibility index (Phi) is 7.00. The van der Waals surface area contributed by atoms with E-state index in [0.29, 0.717) is 22.0 Å². The van der Waals surface area contributed by atoms with Crippen LogP contribution < -0.4 is 10.5 Å². The summed E-state index contributed by atoms with van der Waals surface area (Å²) in [5.41, 5.74) is 0.830. The molecule has 0 bridgehead atoms. The van der Waals surface area contributed by atoms with Crippen molar-refractivity contribution in [3.63, 3.8) is 0 Å². The SMILES string of the molecule is NS(=O)c1cc(NC(=O)Cc2ccc(C(F)(F)F)cc2Cl)ccc1-c1ccc(Cl)nc1. The molecule has 3 N–H and O–H groups in total. The molecule has 2 aromatic carbocycles. The molecular weight excluding hydrogens is 474 g/mol. The quantitative estimate of drug-likeness (QED) is 0.482. The van der Waals surface area contributed by atoms with Crippen LogP contribution in [-0.4, -0.2) is 15.1 Å². The fraction of sp³-hybridized carbons (Fsp3) is 0.100. The van der Waals surface area contributed by atoms with Gasteiger partial charge >= 0.3 is 6.18 Å². The van der Waals surface area contributed by atoms with Gasteiger partial charge in [0.15, 0.2) is 0 Å². The average Bonchev–Trinajstić information content (AvgIpc) is 2.69. The molecule has 0 radical (unpaired) electrons. The summed E-state index contributed by atoms with van der Waals surface area (Å²) in [4.78, 5) is 16.6. The van der Waals surface area contributed by atoms with E-state index in [1.54, 1.807) is 24.3 Å². The number of halogens is 5. The standard InChI is InChI=1S/C20H14Cl2F3N3O2S/c21-16-8-13(20(23,24)25)3-1-11(16)7-19(29)28-14-4-5-15(17(9-14)31(26)30)12-2-6-18(22)27-10-12/h1-6,8-10H,7,26H2,(H,28,29). The fourth-order valence-corrected chi connectivity index (χ4v) is 3.79. The molecule has 31 heavy (non-hydrogen) atoms. The Hall–Kier alpha value is -2.46. The second kappa shape index (κ2) is 9.35. The maximum atomic E-state index is 12.7. The number of nitrogens with one attached hydrogen (secondary N) is 1. The molecule has 0 saturated heterocycles. The van der Waals surface area contributed by atoms with Gasteiger partial charge in [-0.2, -0.15) is 13.2 Å². The van der Waals surface area contributed by atoms with Gasteiger partial charge in [-0.25, -0.2) is 14.3 Å². The lowest BCUT2D eigenvalue weighted by atomic mass is 10.1.